The second-order valence-corrected chi connectivity index (χ2v) is 4.50. The molecule has 0 aliphatic heterocycles. The first-order valence-electron chi connectivity index (χ1n) is 4.91. The van der Waals surface area contributed by atoms with Gasteiger partial charge in [-0.2, -0.15) is 0 Å². The summed E-state index contributed by atoms with van der Waals surface area (Å²) in [6.07, 6.45) is 1.49. The van der Waals surface area contributed by atoms with Crippen molar-refractivity contribution in [3.05, 3.63) is 40.1 Å². The van der Waals surface area contributed by atoms with Crippen LogP contribution in [0, 0.1) is 0 Å². The maximum Gasteiger partial charge on any atom is 0.150 e. The Hall–Kier alpha value is -1.33. The molecule has 0 atom stereocenters. The number of aromatic nitrogens is 2. The summed E-state index contributed by atoms with van der Waals surface area (Å²) in [5, 5.41) is 6.81. The quantitative estimate of drug-likeness (QED) is 0.907. The van der Waals surface area contributed by atoms with E-state index in [4.69, 9.17) is 11.6 Å². The van der Waals surface area contributed by atoms with Gasteiger partial charge in [0, 0.05) is 17.8 Å². The summed E-state index contributed by atoms with van der Waals surface area (Å²) in [6, 6.07) is 7.44. The summed E-state index contributed by atoms with van der Waals surface area (Å²) in [6.45, 7) is 0. The van der Waals surface area contributed by atoms with Gasteiger partial charge in [0.1, 0.15) is 22.4 Å². The lowest BCUT2D eigenvalue weighted by atomic mass is 10.3. The van der Waals surface area contributed by atoms with Crippen LogP contribution in [0.5, 0.6) is 0 Å². The van der Waals surface area contributed by atoms with E-state index >= 15 is 0 Å². The molecule has 2 aromatic rings. The predicted molar refractivity (Wildman–Crippen MR) is 74.0 cm³/mol. The van der Waals surface area contributed by atoms with Gasteiger partial charge < -0.3 is 10.6 Å². The molecule has 6 heteroatoms. The Morgan fingerprint density at radius 1 is 1.24 bits per heavy atom. The molecule has 1 heterocycles. The van der Waals surface area contributed by atoms with E-state index in [1.54, 1.807) is 7.05 Å². The molecule has 0 aliphatic rings. The number of hydrogen-bond acceptors (Lipinski definition) is 4. The van der Waals surface area contributed by atoms with E-state index < -0.39 is 0 Å². The second kappa shape index (κ2) is 5.33. The van der Waals surface area contributed by atoms with Crippen molar-refractivity contribution in [1.82, 2.24) is 9.97 Å². The maximum atomic E-state index is 5.91. The van der Waals surface area contributed by atoms with Crippen molar-refractivity contribution in [3.8, 4) is 0 Å². The molecule has 0 unspecified atom stereocenters. The van der Waals surface area contributed by atoms with Gasteiger partial charge in [-0.05, 0) is 34.1 Å². The number of rotatable bonds is 3. The molecule has 4 nitrogen and oxygen atoms in total. The Morgan fingerprint density at radius 3 is 2.71 bits per heavy atom. The van der Waals surface area contributed by atoms with Crippen LogP contribution in [-0.4, -0.2) is 17.0 Å². The average molecular weight is 314 g/mol. The van der Waals surface area contributed by atoms with Gasteiger partial charge in [0.15, 0.2) is 0 Å². The van der Waals surface area contributed by atoms with Crippen molar-refractivity contribution in [1.29, 1.82) is 0 Å². The highest BCUT2D eigenvalue weighted by atomic mass is 79.9. The number of anilines is 3. The fraction of sp³-hybridized carbons (Fsp3) is 0.0909. The third-order valence-corrected chi connectivity index (χ3v) is 3.10. The zero-order valence-electron chi connectivity index (χ0n) is 9.04. The van der Waals surface area contributed by atoms with Crippen LogP contribution in [-0.2, 0) is 0 Å². The van der Waals surface area contributed by atoms with Crippen molar-refractivity contribution >= 4 is 44.9 Å². The highest BCUT2D eigenvalue weighted by molar-refractivity contribution is 9.10. The average Bonchev–Trinajstić information content (AvgIpc) is 2.32. The fourth-order valence-corrected chi connectivity index (χ4v) is 2.03. The van der Waals surface area contributed by atoms with Gasteiger partial charge in [-0.1, -0.05) is 17.7 Å². The first-order chi connectivity index (χ1) is 8.20. The Morgan fingerprint density at radius 2 is 2.00 bits per heavy atom. The molecule has 2 rings (SSSR count). The largest absolute Gasteiger partial charge is 0.372 e. The van der Waals surface area contributed by atoms with E-state index in [1.165, 1.54) is 6.33 Å². The highest BCUT2D eigenvalue weighted by Crippen LogP contribution is 2.29. The van der Waals surface area contributed by atoms with Crippen LogP contribution in [0.3, 0.4) is 0 Å². The van der Waals surface area contributed by atoms with Crippen molar-refractivity contribution in [3.63, 3.8) is 0 Å². The van der Waals surface area contributed by atoms with Gasteiger partial charge in [-0.3, -0.25) is 0 Å². The molecule has 88 valence electrons. The van der Waals surface area contributed by atoms with Crippen LogP contribution >= 0.6 is 27.5 Å². The third-order valence-electron chi connectivity index (χ3n) is 2.11. The molecular weight excluding hydrogens is 304 g/mol. The summed E-state index contributed by atoms with van der Waals surface area (Å²) in [5.41, 5.74) is 0.874. The second-order valence-electron chi connectivity index (χ2n) is 3.27. The van der Waals surface area contributed by atoms with E-state index in [9.17, 15) is 0 Å². The summed E-state index contributed by atoms with van der Waals surface area (Å²) in [4.78, 5) is 8.24. The monoisotopic (exact) mass is 312 g/mol. The molecule has 0 aliphatic carbocycles. The SMILES string of the molecule is CNc1ncnc(Nc2cccc(Cl)c2)c1Br. The summed E-state index contributed by atoms with van der Waals surface area (Å²) < 4.78 is 0.780. The lowest BCUT2D eigenvalue weighted by molar-refractivity contribution is 1.14. The molecule has 0 saturated heterocycles. The Kier molecular flexibility index (Phi) is 3.81. The Labute approximate surface area is 113 Å². The lowest BCUT2D eigenvalue weighted by Crippen LogP contribution is -2.00. The molecular formula is C11H10BrClN4. The van der Waals surface area contributed by atoms with Gasteiger partial charge >= 0.3 is 0 Å². The number of benzene rings is 1. The van der Waals surface area contributed by atoms with Crippen LogP contribution in [0.25, 0.3) is 0 Å². The van der Waals surface area contributed by atoms with Crippen LogP contribution in [0.2, 0.25) is 5.02 Å². The van der Waals surface area contributed by atoms with Crippen molar-refractivity contribution < 1.29 is 0 Å². The Balaban J connectivity index is 2.30. The van der Waals surface area contributed by atoms with Crippen molar-refractivity contribution in [2.75, 3.05) is 17.7 Å². The normalized spacial score (nSPS) is 10.1. The van der Waals surface area contributed by atoms with Crippen LogP contribution in [0.15, 0.2) is 35.1 Å². The fourth-order valence-electron chi connectivity index (χ4n) is 1.33. The smallest absolute Gasteiger partial charge is 0.150 e. The van der Waals surface area contributed by atoms with Gasteiger partial charge in [-0.25, -0.2) is 9.97 Å². The number of hydrogen-bond donors (Lipinski definition) is 2. The minimum absolute atomic E-state index is 0.675. The number of nitrogens with one attached hydrogen (secondary N) is 2. The Bertz CT molecular complexity index is 533. The molecule has 1 aromatic carbocycles. The van der Waals surface area contributed by atoms with Crippen molar-refractivity contribution in [2.24, 2.45) is 0 Å². The first-order valence-corrected chi connectivity index (χ1v) is 6.08. The van der Waals surface area contributed by atoms with Crippen molar-refractivity contribution in [2.45, 2.75) is 0 Å². The molecule has 2 N–H and O–H groups in total. The molecule has 0 saturated carbocycles. The summed E-state index contributed by atoms with van der Waals surface area (Å²) in [5.74, 6) is 1.41. The molecule has 1 aromatic heterocycles. The van der Waals surface area contributed by atoms with E-state index in [0.29, 0.717) is 10.8 Å². The summed E-state index contributed by atoms with van der Waals surface area (Å²) in [7, 11) is 1.80. The zero-order chi connectivity index (χ0) is 12.3. The molecule has 0 spiro atoms. The van der Waals surface area contributed by atoms with Crippen LogP contribution < -0.4 is 10.6 Å². The van der Waals surface area contributed by atoms with Crippen LogP contribution in [0.4, 0.5) is 17.3 Å². The first kappa shape index (κ1) is 12.1. The minimum atomic E-state index is 0.675. The van der Waals surface area contributed by atoms with Gasteiger partial charge in [0.25, 0.3) is 0 Å². The van der Waals surface area contributed by atoms with Gasteiger partial charge in [0.2, 0.25) is 0 Å². The lowest BCUT2D eigenvalue weighted by Gasteiger charge is -2.09. The molecule has 0 bridgehead atoms. The van der Waals surface area contributed by atoms with E-state index in [2.05, 4.69) is 36.5 Å². The predicted octanol–water partition coefficient (Wildman–Crippen LogP) is 3.68. The van der Waals surface area contributed by atoms with E-state index in [0.717, 1.165) is 16.0 Å². The topological polar surface area (TPSA) is 49.8 Å². The van der Waals surface area contributed by atoms with E-state index in [-0.39, 0.29) is 0 Å². The third kappa shape index (κ3) is 2.87. The van der Waals surface area contributed by atoms with E-state index in [1.807, 2.05) is 24.3 Å². The number of halogens is 2. The molecule has 17 heavy (non-hydrogen) atoms. The minimum Gasteiger partial charge on any atom is -0.372 e. The molecule has 0 radical (unpaired) electrons. The maximum absolute atomic E-state index is 5.91. The van der Waals surface area contributed by atoms with Crippen LogP contribution in [0.1, 0.15) is 0 Å². The summed E-state index contributed by atoms with van der Waals surface area (Å²) >= 11 is 9.35. The van der Waals surface area contributed by atoms with Gasteiger partial charge in [-0.15, -0.1) is 0 Å². The highest BCUT2D eigenvalue weighted by Gasteiger charge is 2.07. The standard InChI is InChI=1S/C11H10BrClN4/c1-14-10-9(12)11(16-6-15-10)17-8-4-2-3-7(13)5-8/h2-6H,1H3,(H2,14,15,16,17). The molecule has 0 fully saturated rings. The molecule has 0 amide bonds. The number of nitrogens with zero attached hydrogens (tertiary/aromatic N) is 2. The zero-order valence-corrected chi connectivity index (χ0v) is 11.4. The van der Waals surface area contributed by atoms with Gasteiger partial charge in [0.05, 0.1) is 0 Å².